The molecule has 0 radical (unpaired) electrons. The number of allylic oxidation sites excluding steroid dienone is 5. The highest BCUT2D eigenvalue weighted by atomic mass is 14.0. The van der Waals surface area contributed by atoms with E-state index in [1.165, 1.54) is 57.8 Å². The molecule has 0 nitrogen and oxygen atoms in total. The van der Waals surface area contributed by atoms with Gasteiger partial charge in [0, 0.05) is 0 Å². The Labute approximate surface area is 127 Å². The Bertz CT molecular complexity index is 287. The smallest absolute Gasteiger partial charge is 0.00929 e. The van der Waals surface area contributed by atoms with Gasteiger partial charge in [0.05, 0.1) is 0 Å². The van der Waals surface area contributed by atoms with Crippen LogP contribution in [0.5, 0.6) is 0 Å². The van der Waals surface area contributed by atoms with Crippen LogP contribution >= 0.6 is 0 Å². The molecule has 0 unspecified atom stereocenters. The van der Waals surface area contributed by atoms with Crippen molar-refractivity contribution in [3.63, 3.8) is 0 Å². The molecule has 0 rings (SSSR count). The van der Waals surface area contributed by atoms with Gasteiger partial charge < -0.3 is 0 Å². The highest BCUT2D eigenvalue weighted by molar-refractivity contribution is 4.96. The number of hydrogen-bond acceptors (Lipinski definition) is 0. The number of rotatable bonds is 13. The van der Waals surface area contributed by atoms with Gasteiger partial charge in [0.1, 0.15) is 0 Å². The molecule has 0 aliphatic heterocycles. The third-order valence-electron chi connectivity index (χ3n) is 3.37. The highest BCUT2D eigenvalue weighted by Crippen LogP contribution is 2.09. The predicted molar refractivity (Wildman–Crippen MR) is 93.1 cm³/mol. The topological polar surface area (TPSA) is 0 Å². The van der Waals surface area contributed by atoms with Crippen molar-refractivity contribution in [3.8, 4) is 0 Å². The highest BCUT2D eigenvalue weighted by Gasteiger charge is 1.90. The molecule has 0 spiro atoms. The SMILES string of the molecule is CC=C=CCC=CCC=CCCCCCCCCCC. The van der Waals surface area contributed by atoms with Gasteiger partial charge in [-0.3, -0.25) is 0 Å². The van der Waals surface area contributed by atoms with Gasteiger partial charge in [0.25, 0.3) is 0 Å². The molecule has 0 aromatic carbocycles. The lowest BCUT2D eigenvalue weighted by Gasteiger charge is -1.99. The molecule has 0 saturated carbocycles. The Morgan fingerprint density at radius 2 is 1.30 bits per heavy atom. The van der Waals surface area contributed by atoms with Gasteiger partial charge in [-0.05, 0) is 44.8 Å². The van der Waals surface area contributed by atoms with Crippen molar-refractivity contribution in [1.82, 2.24) is 0 Å². The second kappa shape index (κ2) is 18.0. The molecule has 0 amide bonds. The average molecular weight is 274 g/mol. The van der Waals surface area contributed by atoms with Crippen molar-refractivity contribution in [3.05, 3.63) is 42.2 Å². The molecule has 0 aromatic rings. The molecular weight excluding hydrogens is 240 g/mol. The first-order valence-electron chi connectivity index (χ1n) is 8.57. The van der Waals surface area contributed by atoms with Crippen molar-refractivity contribution in [2.45, 2.75) is 84.5 Å². The summed E-state index contributed by atoms with van der Waals surface area (Å²) in [5, 5.41) is 0. The summed E-state index contributed by atoms with van der Waals surface area (Å²) >= 11 is 0. The van der Waals surface area contributed by atoms with Crippen LogP contribution in [-0.2, 0) is 0 Å². The van der Waals surface area contributed by atoms with E-state index in [0.29, 0.717) is 0 Å². The van der Waals surface area contributed by atoms with Crippen LogP contribution in [0.4, 0.5) is 0 Å². The van der Waals surface area contributed by atoms with Crippen molar-refractivity contribution in [2.24, 2.45) is 0 Å². The molecular formula is C20H34. The standard InChI is InChI=1S/C20H34/c1-3-5-7-9-11-13-15-17-19-20-18-16-14-12-10-8-6-4-2/h3,7,11,13,17,19H,4,6,8-10,12,14-16,18,20H2,1-2H3. The Balaban J connectivity index is 3.21. The molecule has 0 fully saturated rings. The van der Waals surface area contributed by atoms with Crippen LogP contribution in [0.2, 0.25) is 0 Å². The lowest BCUT2D eigenvalue weighted by Crippen LogP contribution is -1.79. The minimum Gasteiger partial charge on any atom is -0.130 e. The van der Waals surface area contributed by atoms with E-state index in [0.717, 1.165) is 12.8 Å². The zero-order chi connectivity index (χ0) is 14.7. The summed E-state index contributed by atoms with van der Waals surface area (Å²) < 4.78 is 0. The summed E-state index contributed by atoms with van der Waals surface area (Å²) in [5.74, 6) is 0. The van der Waals surface area contributed by atoms with Crippen LogP contribution in [0.15, 0.2) is 42.2 Å². The molecule has 0 aromatic heterocycles. The fraction of sp³-hybridized carbons (Fsp3) is 0.650. The monoisotopic (exact) mass is 274 g/mol. The van der Waals surface area contributed by atoms with Gasteiger partial charge in [-0.15, -0.1) is 5.73 Å². The molecule has 0 atom stereocenters. The van der Waals surface area contributed by atoms with Gasteiger partial charge in [-0.1, -0.05) is 76.2 Å². The van der Waals surface area contributed by atoms with Crippen LogP contribution in [0.25, 0.3) is 0 Å². The fourth-order valence-electron chi connectivity index (χ4n) is 2.14. The second-order valence-electron chi connectivity index (χ2n) is 5.34. The summed E-state index contributed by atoms with van der Waals surface area (Å²) in [4.78, 5) is 0. The van der Waals surface area contributed by atoms with E-state index in [-0.39, 0.29) is 0 Å². The third-order valence-corrected chi connectivity index (χ3v) is 3.37. The molecule has 0 saturated heterocycles. The lowest BCUT2D eigenvalue weighted by atomic mass is 10.1. The summed E-state index contributed by atoms with van der Waals surface area (Å²) in [7, 11) is 0. The largest absolute Gasteiger partial charge is 0.130 e. The minimum atomic E-state index is 0.996. The molecule has 0 bridgehead atoms. The maximum absolute atomic E-state index is 3.08. The zero-order valence-corrected chi connectivity index (χ0v) is 13.7. The van der Waals surface area contributed by atoms with Crippen LogP contribution in [0.1, 0.15) is 84.5 Å². The minimum absolute atomic E-state index is 0.996. The molecule has 20 heavy (non-hydrogen) atoms. The lowest BCUT2D eigenvalue weighted by molar-refractivity contribution is 0.577. The predicted octanol–water partition coefficient (Wildman–Crippen LogP) is 7.14. The first-order chi connectivity index (χ1) is 9.91. The Morgan fingerprint density at radius 3 is 2.00 bits per heavy atom. The van der Waals surface area contributed by atoms with Crippen molar-refractivity contribution in [1.29, 1.82) is 0 Å². The third kappa shape index (κ3) is 17.0. The molecule has 0 N–H and O–H groups in total. The van der Waals surface area contributed by atoms with Gasteiger partial charge in [-0.25, -0.2) is 0 Å². The van der Waals surface area contributed by atoms with E-state index in [1.807, 2.05) is 13.0 Å². The molecule has 0 heteroatoms. The first-order valence-corrected chi connectivity index (χ1v) is 8.57. The van der Waals surface area contributed by atoms with Crippen LogP contribution in [-0.4, -0.2) is 0 Å². The van der Waals surface area contributed by atoms with E-state index in [9.17, 15) is 0 Å². The van der Waals surface area contributed by atoms with E-state index in [4.69, 9.17) is 0 Å². The van der Waals surface area contributed by atoms with Crippen LogP contribution < -0.4 is 0 Å². The van der Waals surface area contributed by atoms with E-state index < -0.39 is 0 Å². The van der Waals surface area contributed by atoms with E-state index in [2.05, 4.69) is 43.0 Å². The van der Waals surface area contributed by atoms with E-state index in [1.54, 1.807) is 0 Å². The summed E-state index contributed by atoms with van der Waals surface area (Å²) in [6.07, 6.45) is 27.7. The normalized spacial score (nSPS) is 11.1. The van der Waals surface area contributed by atoms with Gasteiger partial charge in [0.2, 0.25) is 0 Å². The summed E-state index contributed by atoms with van der Waals surface area (Å²) in [6.45, 7) is 4.27. The fourth-order valence-corrected chi connectivity index (χ4v) is 2.14. The van der Waals surface area contributed by atoms with Gasteiger partial charge >= 0.3 is 0 Å². The van der Waals surface area contributed by atoms with Crippen LogP contribution in [0.3, 0.4) is 0 Å². The number of hydrogen-bond donors (Lipinski definition) is 0. The van der Waals surface area contributed by atoms with E-state index >= 15 is 0 Å². The van der Waals surface area contributed by atoms with Crippen LogP contribution in [0, 0.1) is 0 Å². The first kappa shape index (κ1) is 19.0. The quantitative estimate of drug-likeness (QED) is 0.190. The van der Waals surface area contributed by atoms with Gasteiger partial charge in [-0.2, -0.15) is 0 Å². The van der Waals surface area contributed by atoms with Gasteiger partial charge in [0.15, 0.2) is 0 Å². The molecule has 0 aliphatic carbocycles. The Hall–Kier alpha value is -1.00. The summed E-state index contributed by atoms with van der Waals surface area (Å²) in [6, 6.07) is 0. The maximum atomic E-state index is 3.08. The molecule has 114 valence electrons. The molecule has 0 heterocycles. The number of unbranched alkanes of at least 4 members (excludes halogenated alkanes) is 8. The second-order valence-corrected chi connectivity index (χ2v) is 5.34. The maximum Gasteiger partial charge on any atom is -0.00929 e. The van der Waals surface area contributed by atoms with Crippen molar-refractivity contribution >= 4 is 0 Å². The van der Waals surface area contributed by atoms with Crippen molar-refractivity contribution in [2.75, 3.05) is 0 Å². The average Bonchev–Trinajstić information content (AvgIpc) is 2.47. The Morgan fingerprint density at radius 1 is 0.700 bits per heavy atom. The summed E-state index contributed by atoms with van der Waals surface area (Å²) in [5.41, 5.74) is 3.08. The van der Waals surface area contributed by atoms with Crippen molar-refractivity contribution < 1.29 is 0 Å². The Kier molecular flexibility index (Phi) is 17.1. The molecule has 0 aliphatic rings. The zero-order valence-electron chi connectivity index (χ0n) is 13.7.